The fourth-order valence-electron chi connectivity index (χ4n) is 3.41. The summed E-state index contributed by atoms with van der Waals surface area (Å²) in [5, 5.41) is 2.85. The summed E-state index contributed by atoms with van der Waals surface area (Å²) in [5.74, 6) is -0.200. The molecule has 2 aliphatic rings. The molecule has 0 saturated carbocycles. The normalized spacial score (nSPS) is 22.1. The molecule has 1 aromatic carbocycles. The number of carbonyl (C=O) groups excluding carboxylic acids is 1. The molecule has 2 aliphatic heterocycles. The molecule has 0 spiro atoms. The number of rotatable bonds is 4. The van der Waals surface area contributed by atoms with E-state index in [1.807, 2.05) is 24.0 Å². The number of carbonyl (C=O) groups is 1. The number of nitrogens with zero attached hydrogens (tertiary/aromatic N) is 3. The van der Waals surface area contributed by atoms with Crippen molar-refractivity contribution in [2.24, 2.45) is 0 Å². The summed E-state index contributed by atoms with van der Waals surface area (Å²) in [7, 11) is 0. The fourth-order valence-corrected chi connectivity index (χ4v) is 3.41. The highest BCUT2D eigenvalue weighted by Gasteiger charge is 2.27. The second-order valence-electron chi connectivity index (χ2n) is 6.54. The highest BCUT2D eigenvalue weighted by atomic mass is 19.1. The predicted molar refractivity (Wildman–Crippen MR) is 95.4 cm³/mol. The van der Waals surface area contributed by atoms with Crippen molar-refractivity contribution in [2.45, 2.75) is 13.0 Å². The third kappa shape index (κ3) is 4.83. The van der Waals surface area contributed by atoms with Gasteiger partial charge in [-0.2, -0.15) is 0 Å². The topological polar surface area (TPSA) is 48.1 Å². The molecule has 7 heteroatoms. The molecule has 25 heavy (non-hydrogen) atoms. The highest BCUT2D eigenvalue weighted by Crippen LogP contribution is 2.17. The molecule has 2 amide bonds. The van der Waals surface area contributed by atoms with Gasteiger partial charge in [-0.25, -0.2) is 9.18 Å². The Morgan fingerprint density at radius 1 is 1.20 bits per heavy atom. The van der Waals surface area contributed by atoms with E-state index < -0.39 is 0 Å². The van der Waals surface area contributed by atoms with E-state index in [0.29, 0.717) is 26.2 Å². The van der Waals surface area contributed by atoms with Crippen LogP contribution in [0.3, 0.4) is 0 Å². The van der Waals surface area contributed by atoms with Crippen LogP contribution in [0.1, 0.15) is 6.92 Å². The molecule has 0 unspecified atom stereocenters. The Morgan fingerprint density at radius 2 is 1.92 bits per heavy atom. The van der Waals surface area contributed by atoms with Crippen LogP contribution in [0.4, 0.5) is 14.9 Å². The van der Waals surface area contributed by atoms with Crippen LogP contribution in [-0.4, -0.2) is 80.9 Å². The van der Waals surface area contributed by atoms with Gasteiger partial charge in [0.15, 0.2) is 0 Å². The standard InChI is InChI=1S/C18H27FN4O2/c1-2-20-18(24)23-11-12-25-17(14-23)13-21-7-9-22(10-8-21)16-5-3-15(19)4-6-16/h3-6,17H,2,7-14H2,1H3,(H,20,24)/t17-/m1/s1. The summed E-state index contributed by atoms with van der Waals surface area (Å²) < 4.78 is 18.9. The molecule has 0 bridgehead atoms. The smallest absolute Gasteiger partial charge is 0.317 e. The van der Waals surface area contributed by atoms with E-state index in [-0.39, 0.29) is 18.0 Å². The lowest BCUT2D eigenvalue weighted by atomic mass is 10.2. The Kier molecular flexibility index (Phi) is 6.09. The van der Waals surface area contributed by atoms with Gasteiger partial charge in [-0.1, -0.05) is 0 Å². The van der Waals surface area contributed by atoms with Crippen molar-refractivity contribution in [3.05, 3.63) is 30.1 Å². The van der Waals surface area contributed by atoms with Crippen molar-refractivity contribution in [3.8, 4) is 0 Å². The first-order valence-corrected chi connectivity index (χ1v) is 9.03. The lowest BCUT2D eigenvalue weighted by Gasteiger charge is -2.39. The van der Waals surface area contributed by atoms with Gasteiger partial charge in [-0.15, -0.1) is 0 Å². The van der Waals surface area contributed by atoms with E-state index in [2.05, 4.69) is 15.1 Å². The lowest BCUT2D eigenvalue weighted by Crippen LogP contribution is -2.54. The monoisotopic (exact) mass is 350 g/mol. The number of ether oxygens (including phenoxy) is 1. The second kappa shape index (κ2) is 8.49. The van der Waals surface area contributed by atoms with Crippen LogP contribution in [-0.2, 0) is 4.74 Å². The van der Waals surface area contributed by atoms with Crippen LogP contribution in [0.15, 0.2) is 24.3 Å². The number of amides is 2. The maximum atomic E-state index is 13.0. The fraction of sp³-hybridized carbons (Fsp3) is 0.611. The number of hydrogen-bond acceptors (Lipinski definition) is 4. The van der Waals surface area contributed by atoms with Gasteiger partial charge >= 0.3 is 6.03 Å². The third-order valence-corrected chi connectivity index (χ3v) is 4.78. The van der Waals surface area contributed by atoms with Crippen molar-refractivity contribution >= 4 is 11.7 Å². The van der Waals surface area contributed by atoms with Crippen LogP contribution in [0.25, 0.3) is 0 Å². The average Bonchev–Trinajstić information content (AvgIpc) is 2.64. The van der Waals surface area contributed by atoms with E-state index in [0.717, 1.165) is 38.4 Å². The van der Waals surface area contributed by atoms with Gasteiger partial charge in [0.05, 0.1) is 12.7 Å². The SMILES string of the molecule is CCNC(=O)N1CCO[C@H](CN2CCN(c3ccc(F)cc3)CC2)C1. The number of halogens is 1. The first-order valence-electron chi connectivity index (χ1n) is 9.03. The molecule has 2 heterocycles. The van der Waals surface area contributed by atoms with Crippen molar-refractivity contribution in [2.75, 3.05) is 63.9 Å². The number of hydrogen-bond donors (Lipinski definition) is 1. The molecule has 0 radical (unpaired) electrons. The van der Waals surface area contributed by atoms with Crippen molar-refractivity contribution < 1.29 is 13.9 Å². The van der Waals surface area contributed by atoms with E-state index in [1.165, 1.54) is 12.1 Å². The first kappa shape index (κ1) is 17.9. The summed E-state index contributed by atoms with van der Waals surface area (Å²) in [4.78, 5) is 18.5. The minimum absolute atomic E-state index is 0.00284. The summed E-state index contributed by atoms with van der Waals surface area (Å²) >= 11 is 0. The molecular weight excluding hydrogens is 323 g/mol. The molecule has 0 aliphatic carbocycles. The minimum atomic E-state index is -0.200. The Morgan fingerprint density at radius 3 is 2.60 bits per heavy atom. The van der Waals surface area contributed by atoms with Crippen molar-refractivity contribution in [3.63, 3.8) is 0 Å². The van der Waals surface area contributed by atoms with Crippen LogP contribution in [0.5, 0.6) is 0 Å². The second-order valence-corrected chi connectivity index (χ2v) is 6.54. The molecule has 1 N–H and O–H groups in total. The Balaban J connectivity index is 1.45. The number of benzene rings is 1. The molecular formula is C18H27FN4O2. The lowest BCUT2D eigenvalue weighted by molar-refractivity contribution is -0.0310. The van der Waals surface area contributed by atoms with Crippen LogP contribution >= 0.6 is 0 Å². The number of anilines is 1. The van der Waals surface area contributed by atoms with Gasteiger partial charge in [0.2, 0.25) is 0 Å². The van der Waals surface area contributed by atoms with E-state index >= 15 is 0 Å². The number of piperazine rings is 1. The predicted octanol–water partition coefficient (Wildman–Crippen LogP) is 1.38. The highest BCUT2D eigenvalue weighted by molar-refractivity contribution is 5.74. The van der Waals surface area contributed by atoms with Crippen molar-refractivity contribution in [1.29, 1.82) is 0 Å². The van der Waals surface area contributed by atoms with Gasteiger partial charge < -0.3 is 19.9 Å². The Hall–Kier alpha value is -1.86. The maximum absolute atomic E-state index is 13.0. The zero-order valence-corrected chi connectivity index (χ0v) is 14.8. The first-order chi connectivity index (χ1) is 12.2. The number of nitrogens with one attached hydrogen (secondary N) is 1. The van der Waals surface area contributed by atoms with E-state index in [4.69, 9.17) is 4.74 Å². The summed E-state index contributed by atoms with van der Waals surface area (Å²) in [6, 6.07) is 6.68. The van der Waals surface area contributed by atoms with E-state index in [1.54, 1.807) is 0 Å². The van der Waals surface area contributed by atoms with Gasteiger partial charge in [0, 0.05) is 58.0 Å². The maximum Gasteiger partial charge on any atom is 0.317 e. The van der Waals surface area contributed by atoms with Gasteiger partial charge in [-0.05, 0) is 31.2 Å². The summed E-state index contributed by atoms with van der Waals surface area (Å²) in [5.41, 5.74) is 1.07. The Bertz CT molecular complexity index is 561. The summed E-state index contributed by atoms with van der Waals surface area (Å²) in [6.07, 6.45) is 0.0636. The minimum Gasteiger partial charge on any atom is -0.373 e. The third-order valence-electron chi connectivity index (χ3n) is 4.78. The molecule has 138 valence electrons. The van der Waals surface area contributed by atoms with Gasteiger partial charge in [0.25, 0.3) is 0 Å². The van der Waals surface area contributed by atoms with Crippen LogP contribution in [0, 0.1) is 5.82 Å². The molecule has 3 rings (SSSR count). The van der Waals surface area contributed by atoms with Crippen LogP contribution in [0.2, 0.25) is 0 Å². The molecule has 1 atom stereocenters. The zero-order valence-electron chi connectivity index (χ0n) is 14.8. The summed E-state index contributed by atoms with van der Waals surface area (Å²) in [6.45, 7) is 9.02. The molecule has 1 aromatic rings. The number of urea groups is 1. The van der Waals surface area contributed by atoms with Gasteiger partial charge in [-0.3, -0.25) is 4.90 Å². The average molecular weight is 350 g/mol. The largest absolute Gasteiger partial charge is 0.373 e. The Labute approximate surface area is 148 Å². The number of morpholine rings is 1. The zero-order chi connectivity index (χ0) is 17.6. The van der Waals surface area contributed by atoms with E-state index in [9.17, 15) is 9.18 Å². The van der Waals surface area contributed by atoms with Crippen molar-refractivity contribution in [1.82, 2.24) is 15.1 Å². The quantitative estimate of drug-likeness (QED) is 0.891. The van der Waals surface area contributed by atoms with Crippen LogP contribution < -0.4 is 10.2 Å². The molecule has 2 saturated heterocycles. The van der Waals surface area contributed by atoms with Gasteiger partial charge in [0.1, 0.15) is 5.82 Å². The molecule has 2 fully saturated rings. The molecule has 0 aromatic heterocycles. The molecule has 6 nitrogen and oxygen atoms in total.